The van der Waals surface area contributed by atoms with Gasteiger partial charge < -0.3 is 4.90 Å². The van der Waals surface area contributed by atoms with Crippen molar-refractivity contribution in [2.75, 3.05) is 4.90 Å². The number of fused-ring (bicyclic) bond motifs is 15. The van der Waals surface area contributed by atoms with Gasteiger partial charge in [0.25, 0.3) is 0 Å². The van der Waals surface area contributed by atoms with E-state index < -0.39 is 0 Å². The van der Waals surface area contributed by atoms with E-state index in [9.17, 15) is 0 Å². The molecule has 0 spiro atoms. The first-order valence-corrected chi connectivity index (χ1v) is 20.8. The zero-order valence-electron chi connectivity index (χ0n) is 34.0. The van der Waals surface area contributed by atoms with E-state index in [1.807, 2.05) is 0 Å². The summed E-state index contributed by atoms with van der Waals surface area (Å²) in [6.07, 6.45) is 0. The normalized spacial score (nSPS) is 15.8. The lowest BCUT2D eigenvalue weighted by Gasteiger charge is -2.31. The third-order valence-corrected chi connectivity index (χ3v) is 14.4. The topological polar surface area (TPSA) is 3.24 Å². The Morgan fingerprint density at radius 3 is 0.897 bits per heavy atom. The van der Waals surface area contributed by atoms with Gasteiger partial charge in [0.2, 0.25) is 0 Å². The molecule has 0 saturated heterocycles. The van der Waals surface area contributed by atoms with E-state index in [1.54, 1.807) is 0 Å². The minimum Gasteiger partial charge on any atom is -0.310 e. The van der Waals surface area contributed by atoms with Crippen LogP contribution in [0.1, 0.15) is 74.9 Å². The van der Waals surface area contributed by atoms with Crippen molar-refractivity contribution in [3.05, 3.63) is 197 Å². The maximum Gasteiger partial charge on any atom is 0.0465 e. The minimum atomic E-state index is -0.151. The van der Waals surface area contributed by atoms with E-state index in [1.165, 1.54) is 116 Å². The molecule has 0 amide bonds. The lowest BCUT2D eigenvalue weighted by molar-refractivity contribution is 0.660. The van der Waals surface area contributed by atoms with Crippen molar-refractivity contribution >= 4 is 49.4 Å². The largest absolute Gasteiger partial charge is 0.310 e. The SMILES string of the molecule is CC1(C)c2cc(N(c3ccc4c(c3)C(C)(C)c3ccc5ccccc5c3-4)c3ccc4c(c3)C(C)(C)c3ccc5ccccc5c3-4)ccc2-c2c1ccc1ccccc21. The summed E-state index contributed by atoms with van der Waals surface area (Å²) in [4.78, 5) is 2.53. The highest BCUT2D eigenvalue weighted by atomic mass is 15.1. The van der Waals surface area contributed by atoms with E-state index in [2.05, 4.69) is 210 Å². The van der Waals surface area contributed by atoms with Crippen molar-refractivity contribution < 1.29 is 0 Å². The Balaban J connectivity index is 1.08. The van der Waals surface area contributed by atoms with Crippen molar-refractivity contribution in [3.63, 3.8) is 0 Å². The number of nitrogens with zero attached hydrogens (tertiary/aromatic N) is 1. The molecule has 0 saturated carbocycles. The van der Waals surface area contributed by atoms with Gasteiger partial charge in [0, 0.05) is 33.3 Å². The summed E-state index contributed by atoms with van der Waals surface area (Å²) in [5.74, 6) is 0. The molecule has 0 aromatic heterocycles. The summed E-state index contributed by atoms with van der Waals surface area (Å²) in [6, 6.07) is 62.3. The zero-order valence-corrected chi connectivity index (χ0v) is 34.0. The van der Waals surface area contributed by atoms with Gasteiger partial charge in [-0.25, -0.2) is 0 Å². The molecule has 12 rings (SSSR count). The van der Waals surface area contributed by atoms with Crippen molar-refractivity contribution in [1.82, 2.24) is 0 Å². The average molecular weight is 744 g/mol. The quantitative estimate of drug-likeness (QED) is 0.174. The Hall–Kier alpha value is -6.44. The first-order chi connectivity index (χ1) is 28.0. The minimum absolute atomic E-state index is 0.151. The second kappa shape index (κ2) is 11.4. The molecular weight excluding hydrogens is 699 g/mol. The van der Waals surface area contributed by atoms with Crippen LogP contribution in [0.5, 0.6) is 0 Å². The highest BCUT2D eigenvalue weighted by Gasteiger charge is 2.40. The first kappa shape index (κ1) is 33.7. The second-order valence-electron chi connectivity index (χ2n) is 18.5. The van der Waals surface area contributed by atoms with Crippen LogP contribution in [0.25, 0.3) is 65.7 Å². The fraction of sp³-hybridized carbons (Fsp3) is 0.158. The first-order valence-electron chi connectivity index (χ1n) is 20.8. The third kappa shape index (κ3) is 4.32. The van der Waals surface area contributed by atoms with Crippen LogP contribution in [-0.2, 0) is 16.2 Å². The van der Waals surface area contributed by atoms with Gasteiger partial charge in [0.1, 0.15) is 0 Å². The summed E-state index contributed by atoms with van der Waals surface area (Å²) in [5.41, 5.74) is 19.6. The monoisotopic (exact) mass is 743 g/mol. The molecule has 9 aromatic rings. The Bertz CT molecular complexity index is 2920. The van der Waals surface area contributed by atoms with Crippen molar-refractivity contribution in [2.24, 2.45) is 0 Å². The predicted molar refractivity (Wildman–Crippen MR) is 246 cm³/mol. The van der Waals surface area contributed by atoms with E-state index in [0.29, 0.717) is 0 Å². The van der Waals surface area contributed by atoms with Crippen molar-refractivity contribution in [1.29, 1.82) is 0 Å². The van der Waals surface area contributed by atoms with Crippen LogP contribution in [0.4, 0.5) is 17.1 Å². The van der Waals surface area contributed by atoms with E-state index >= 15 is 0 Å². The smallest absolute Gasteiger partial charge is 0.0465 e. The summed E-state index contributed by atoms with van der Waals surface area (Å²) < 4.78 is 0. The van der Waals surface area contributed by atoms with Gasteiger partial charge in [-0.3, -0.25) is 0 Å². The maximum absolute atomic E-state index is 2.53. The zero-order chi connectivity index (χ0) is 39.3. The van der Waals surface area contributed by atoms with Crippen LogP contribution < -0.4 is 4.90 Å². The molecule has 0 bridgehead atoms. The van der Waals surface area contributed by atoms with Crippen LogP contribution in [0, 0.1) is 0 Å². The Morgan fingerprint density at radius 2 is 0.586 bits per heavy atom. The fourth-order valence-electron chi connectivity index (χ4n) is 11.3. The molecule has 0 radical (unpaired) electrons. The molecule has 0 heterocycles. The molecule has 3 aliphatic carbocycles. The van der Waals surface area contributed by atoms with E-state index in [4.69, 9.17) is 0 Å². The number of anilines is 3. The third-order valence-electron chi connectivity index (χ3n) is 14.4. The van der Waals surface area contributed by atoms with Crippen molar-refractivity contribution in [3.8, 4) is 33.4 Å². The van der Waals surface area contributed by atoms with Crippen molar-refractivity contribution in [2.45, 2.75) is 57.8 Å². The summed E-state index contributed by atoms with van der Waals surface area (Å²) in [6.45, 7) is 14.4. The number of rotatable bonds is 3. The molecule has 0 unspecified atom stereocenters. The van der Waals surface area contributed by atoms with Crippen LogP contribution >= 0.6 is 0 Å². The second-order valence-corrected chi connectivity index (χ2v) is 18.5. The molecule has 58 heavy (non-hydrogen) atoms. The Kier molecular flexibility index (Phi) is 6.60. The van der Waals surface area contributed by atoms with Crippen LogP contribution in [0.2, 0.25) is 0 Å². The number of hydrogen-bond donors (Lipinski definition) is 0. The lowest BCUT2D eigenvalue weighted by Crippen LogP contribution is -2.19. The molecule has 0 N–H and O–H groups in total. The van der Waals surface area contributed by atoms with E-state index in [0.717, 1.165) is 0 Å². The number of benzene rings is 9. The van der Waals surface area contributed by atoms with Gasteiger partial charge in [-0.2, -0.15) is 0 Å². The highest BCUT2D eigenvalue weighted by molar-refractivity contribution is 6.06. The van der Waals surface area contributed by atoms with Crippen LogP contribution in [0.3, 0.4) is 0 Å². The molecule has 0 fully saturated rings. The van der Waals surface area contributed by atoms with Gasteiger partial charge in [-0.1, -0.05) is 169 Å². The molecule has 1 heteroatoms. The standard InChI is InChI=1S/C57H45N/c1-55(2)46-28-19-34-13-7-10-16-40(34)52(46)43-25-22-37(31-49(43)55)58(38-23-26-44-50(32-38)56(3,4)47-29-20-35-14-8-11-17-41(35)53(44)47)39-24-27-45-51(33-39)57(5,6)48-30-21-36-15-9-12-18-42(36)54(45)48/h7-33H,1-6H3. The van der Waals surface area contributed by atoms with E-state index in [-0.39, 0.29) is 16.2 Å². The molecule has 1 nitrogen and oxygen atoms in total. The molecule has 9 aromatic carbocycles. The van der Waals surface area contributed by atoms with Gasteiger partial charge >= 0.3 is 0 Å². The average Bonchev–Trinajstić information content (AvgIpc) is 3.73. The molecule has 3 aliphatic rings. The summed E-state index contributed by atoms with van der Waals surface area (Å²) in [5, 5.41) is 7.87. The summed E-state index contributed by atoms with van der Waals surface area (Å²) >= 11 is 0. The molecule has 0 aliphatic heterocycles. The number of hydrogen-bond acceptors (Lipinski definition) is 1. The van der Waals surface area contributed by atoms with Gasteiger partial charge in [-0.15, -0.1) is 0 Å². The lowest BCUT2D eigenvalue weighted by atomic mass is 9.81. The van der Waals surface area contributed by atoms with Crippen LogP contribution in [0.15, 0.2) is 164 Å². The van der Waals surface area contributed by atoms with Gasteiger partial charge in [-0.05, 0) is 135 Å². The molecular formula is C57H45N. The molecule has 0 atom stereocenters. The van der Waals surface area contributed by atoms with Gasteiger partial charge in [0.15, 0.2) is 0 Å². The summed E-state index contributed by atoms with van der Waals surface area (Å²) in [7, 11) is 0. The van der Waals surface area contributed by atoms with Gasteiger partial charge in [0.05, 0.1) is 0 Å². The van der Waals surface area contributed by atoms with Crippen LogP contribution in [-0.4, -0.2) is 0 Å². The highest BCUT2D eigenvalue weighted by Crippen LogP contribution is 2.57. The maximum atomic E-state index is 2.53. The predicted octanol–water partition coefficient (Wildman–Crippen LogP) is 15.5. The fourth-order valence-corrected chi connectivity index (χ4v) is 11.3. The Morgan fingerprint density at radius 1 is 0.293 bits per heavy atom. The molecule has 278 valence electrons. The Labute approximate surface area is 341 Å².